The Labute approximate surface area is 118 Å². The van der Waals surface area contributed by atoms with E-state index in [2.05, 4.69) is 37.9 Å². The molecule has 0 aromatic rings. The summed E-state index contributed by atoms with van der Waals surface area (Å²) in [4.78, 5) is 14.6. The normalized spacial score (nSPS) is 29.3. The van der Waals surface area contributed by atoms with Crippen LogP contribution in [-0.2, 0) is 4.79 Å². The first-order valence-corrected chi connectivity index (χ1v) is 7.76. The minimum atomic E-state index is 0.00269. The van der Waals surface area contributed by atoms with E-state index >= 15 is 0 Å². The molecule has 1 fully saturated rings. The molecule has 3 N–H and O–H groups in total. The van der Waals surface area contributed by atoms with Crippen molar-refractivity contribution in [3.05, 3.63) is 0 Å². The third kappa shape index (κ3) is 5.11. The van der Waals surface area contributed by atoms with E-state index in [1.807, 2.05) is 0 Å². The smallest absolute Gasteiger partial charge is 0.224 e. The first-order chi connectivity index (χ1) is 8.97. The van der Waals surface area contributed by atoms with E-state index in [9.17, 15) is 4.79 Å². The Morgan fingerprint density at radius 2 is 2.00 bits per heavy atom. The average Bonchev–Trinajstić information content (AvgIpc) is 2.38. The van der Waals surface area contributed by atoms with Gasteiger partial charge in [0.1, 0.15) is 0 Å². The zero-order chi connectivity index (χ0) is 14.4. The zero-order valence-corrected chi connectivity index (χ0v) is 13.0. The maximum Gasteiger partial charge on any atom is 0.224 e. The first-order valence-electron chi connectivity index (χ1n) is 7.76. The summed E-state index contributed by atoms with van der Waals surface area (Å²) >= 11 is 0. The van der Waals surface area contributed by atoms with Crippen molar-refractivity contribution >= 4 is 5.91 Å². The third-order valence-corrected chi connectivity index (χ3v) is 4.32. The van der Waals surface area contributed by atoms with Crippen LogP contribution in [0.15, 0.2) is 0 Å². The van der Waals surface area contributed by atoms with Crippen molar-refractivity contribution in [1.29, 1.82) is 0 Å². The molecule has 1 aliphatic rings. The fourth-order valence-corrected chi connectivity index (χ4v) is 2.97. The average molecular weight is 269 g/mol. The monoisotopic (exact) mass is 269 g/mol. The molecule has 112 valence electrons. The second kappa shape index (κ2) is 7.85. The van der Waals surface area contributed by atoms with Gasteiger partial charge in [-0.2, -0.15) is 0 Å². The molecule has 0 aromatic heterocycles. The Hall–Kier alpha value is -0.610. The molecule has 1 saturated carbocycles. The number of hydrogen-bond acceptors (Lipinski definition) is 3. The van der Waals surface area contributed by atoms with Gasteiger partial charge in [-0.25, -0.2) is 0 Å². The summed E-state index contributed by atoms with van der Waals surface area (Å²) in [6.45, 7) is 11.6. The Balaban J connectivity index is 2.44. The lowest BCUT2D eigenvalue weighted by Crippen LogP contribution is -2.49. The number of nitrogens with one attached hydrogen (secondary N) is 1. The van der Waals surface area contributed by atoms with E-state index in [4.69, 9.17) is 5.73 Å². The fraction of sp³-hybridized carbons (Fsp3) is 0.933. The summed E-state index contributed by atoms with van der Waals surface area (Å²) in [5.41, 5.74) is 6.10. The molecule has 4 nitrogen and oxygen atoms in total. The summed E-state index contributed by atoms with van der Waals surface area (Å²) in [7, 11) is 0. The minimum Gasteiger partial charge on any atom is -0.352 e. The summed E-state index contributed by atoms with van der Waals surface area (Å²) < 4.78 is 0. The molecule has 0 aliphatic heterocycles. The van der Waals surface area contributed by atoms with Crippen LogP contribution in [0.2, 0.25) is 0 Å². The highest BCUT2D eigenvalue weighted by molar-refractivity contribution is 5.79. The highest BCUT2D eigenvalue weighted by Crippen LogP contribution is 2.28. The van der Waals surface area contributed by atoms with Gasteiger partial charge in [0.05, 0.1) is 5.92 Å². The summed E-state index contributed by atoms with van der Waals surface area (Å²) in [6, 6.07) is 0.230. The van der Waals surface area contributed by atoms with Crippen LogP contribution >= 0.6 is 0 Å². The van der Waals surface area contributed by atoms with Crippen LogP contribution < -0.4 is 11.1 Å². The lowest BCUT2D eigenvalue weighted by Gasteiger charge is -2.33. The van der Waals surface area contributed by atoms with Gasteiger partial charge in [0.15, 0.2) is 0 Å². The van der Waals surface area contributed by atoms with Crippen molar-refractivity contribution in [1.82, 2.24) is 10.2 Å². The van der Waals surface area contributed by atoms with E-state index in [-0.39, 0.29) is 23.9 Å². The fourth-order valence-electron chi connectivity index (χ4n) is 2.97. The van der Waals surface area contributed by atoms with Crippen molar-refractivity contribution in [2.45, 2.75) is 59.0 Å². The largest absolute Gasteiger partial charge is 0.352 e. The van der Waals surface area contributed by atoms with Gasteiger partial charge in [-0.15, -0.1) is 0 Å². The van der Waals surface area contributed by atoms with Crippen LogP contribution in [0.4, 0.5) is 0 Å². The predicted octanol–water partition coefficient (Wildman–Crippen LogP) is 1.60. The molecule has 0 heterocycles. The molecule has 0 radical (unpaired) electrons. The van der Waals surface area contributed by atoms with Gasteiger partial charge in [-0.3, -0.25) is 4.79 Å². The van der Waals surface area contributed by atoms with Crippen LogP contribution in [0.25, 0.3) is 0 Å². The standard InChI is InChI=1S/C15H31N3O/c1-5-18(6-2)10-12(4)17-15(19)13-9-11(3)7-8-14(13)16/h11-14H,5-10,16H2,1-4H3,(H,17,19). The molecule has 19 heavy (non-hydrogen) atoms. The molecule has 0 saturated heterocycles. The number of nitrogens with zero attached hydrogens (tertiary/aromatic N) is 1. The molecule has 0 spiro atoms. The number of amides is 1. The van der Waals surface area contributed by atoms with Crippen molar-refractivity contribution in [2.75, 3.05) is 19.6 Å². The van der Waals surface area contributed by atoms with Gasteiger partial charge in [0.25, 0.3) is 0 Å². The highest BCUT2D eigenvalue weighted by Gasteiger charge is 2.31. The molecule has 4 heteroatoms. The topological polar surface area (TPSA) is 58.4 Å². The molecule has 4 atom stereocenters. The zero-order valence-electron chi connectivity index (χ0n) is 13.0. The molecule has 1 amide bonds. The summed E-state index contributed by atoms with van der Waals surface area (Å²) in [5.74, 6) is 0.773. The Morgan fingerprint density at radius 3 is 2.58 bits per heavy atom. The molecule has 1 aliphatic carbocycles. The van der Waals surface area contributed by atoms with Crippen LogP contribution in [0.3, 0.4) is 0 Å². The summed E-state index contributed by atoms with van der Waals surface area (Å²) in [5, 5.41) is 3.14. The van der Waals surface area contributed by atoms with E-state index < -0.39 is 0 Å². The lowest BCUT2D eigenvalue weighted by molar-refractivity contribution is -0.127. The second-order valence-electron chi connectivity index (χ2n) is 6.08. The van der Waals surface area contributed by atoms with E-state index in [0.717, 1.165) is 38.9 Å². The molecule has 4 unspecified atom stereocenters. The highest BCUT2D eigenvalue weighted by atomic mass is 16.2. The lowest BCUT2D eigenvalue weighted by atomic mass is 9.78. The third-order valence-electron chi connectivity index (χ3n) is 4.32. The summed E-state index contributed by atoms with van der Waals surface area (Å²) in [6.07, 6.45) is 3.06. The van der Waals surface area contributed by atoms with E-state index in [1.165, 1.54) is 0 Å². The van der Waals surface area contributed by atoms with Gasteiger partial charge in [-0.1, -0.05) is 20.8 Å². The maximum absolute atomic E-state index is 12.3. The molecular weight excluding hydrogens is 238 g/mol. The van der Waals surface area contributed by atoms with Gasteiger partial charge in [0, 0.05) is 18.6 Å². The number of rotatable bonds is 6. The van der Waals surface area contributed by atoms with Crippen molar-refractivity contribution < 1.29 is 4.79 Å². The Kier molecular flexibility index (Phi) is 6.80. The molecule has 1 rings (SSSR count). The Bertz CT molecular complexity index is 279. The van der Waals surface area contributed by atoms with Crippen LogP contribution in [0.1, 0.15) is 47.0 Å². The molecular formula is C15H31N3O. The van der Waals surface area contributed by atoms with Crippen molar-refractivity contribution in [3.63, 3.8) is 0 Å². The van der Waals surface area contributed by atoms with E-state index in [1.54, 1.807) is 0 Å². The van der Waals surface area contributed by atoms with Gasteiger partial charge >= 0.3 is 0 Å². The number of hydrogen-bond donors (Lipinski definition) is 2. The first kappa shape index (κ1) is 16.4. The van der Waals surface area contributed by atoms with Crippen LogP contribution in [-0.4, -0.2) is 42.5 Å². The van der Waals surface area contributed by atoms with Gasteiger partial charge < -0.3 is 16.0 Å². The van der Waals surface area contributed by atoms with Crippen molar-refractivity contribution in [3.8, 4) is 0 Å². The SMILES string of the molecule is CCN(CC)CC(C)NC(=O)C1CC(C)CCC1N. The molecule has 0 aromatic carbocycles. The second-order valence-corrected chi connectivity index (χ2v) is 6.08. The van der Waals surface area contributed by atoms with Crippen molar-refractivity contribution in [2.24, 2.45) is 17.6 Å². The van der Waals surface area contributed by atoms with Gasteiger partial charge in [0.2, 0.25) is 5.91 Å². The Morgan fingerprint density at radius 1 is 1.37 bits per heavy atom. The van der Waals surface area contributed by atoms with Gasteiger partial charge in [-0.05, 0) is 45.2 Å². The number of likely N-dealkylation sites (N-methyl/N-ethyl adjacent to an activating group) is 1. The number of carbonyl (C=O) groups excluding carboxylic acids is 1. The quantitative estimate of drug-likeness (QED) is 0.770. The maximum atomic E-state index is 12.3. The minimum absolute atomic E-state index is 0.00269. The number of carbonyl (C=O) groups is 1. The predicted molar refractivity (Wildman–Crippen MR) is 79.9 cm³/mol. The molecule has 0 bridgehead atoms. The van der Waals surface area contributed by atoms with E-state index in [0.29, 0.717) is 5.92 Å². The van der Waals surface area contributed by atoms with Crippen LogP contribution in [0, 0.1) is 11.8 Å². The van der Waals surface area contributed by atoms with Crippen LogP contribution in [0.5, 0.6) is 0 Å². The number of nitrogens with two attached hydrogens (primary N) is 1.